The molecule has 1 unspecified atom stereocenters. The number of urea groups is 1. The van der Waals surface area contributed by atoms with Crippen molar-refractivity contribution in [1.29, 1.82) is 0 Å². The van der Waals surface area contributed by atoms with Gasteiger partial charge in [-0.2, -0.15) is 0 Å². The number of nitrogens with one attached hydrogen (secondary N) is 2. The van der Waals surface area contributed by atoms with Crippen LogP contribution in [0.4, 0.5) is 16.2 Å². The molecule has 0 spiro atoms. The molecule has 3 rings (SSSR count). The van der Waals surface area contributed by atoms with E-state index in [1.165, 1.54) is 19.1 Å². The number of hydrogen-bond donors (Lipinski definition) is 2. The maximum Gasteiger partial charge on any atom is 0.325 e. The van der Waals surface area contributed by atoms with Crippen molar-refractivity contribution in [2.75, 3.05) is 11.9 Å². The van der Waals surface area contributed by atoms with Gasteiger partial charge in [-0.3, -0.25) is 24.6 Å². The summed E-state index contributed by atoms with van der Waals surface area (Å²) in [5.74, 6) is -0.357. The first kappa shape index (κ1) is 20.3. The van der Waals surface area contributed by atoms with Gasteiger partial charge in [-0.25, -0.2) is 4.79 Å². The molecule has 0 aliphatic carbocycles. The van der Waals surface area contributed by atoms with Crippen molar-refractivity contribution in [1.82, 2.24) is 10.2 Å². The number of amides is 4. The third kappa shape index (κ3) is 3.66. The lowest BCUT2D eigenvalue weighted by molar-refractivity contribution is -0.383. The van der Waals surface area contributed by atoms with Crippen molar-refractivity contribution in [3.05, 3.63) is 56.5 Å². The van der Waals surface area contributed by atoms with Gasteiger partial charge < -0.3 is 15.1 Å². The van der Waals surface area contributed by atoms with Gasteiger partial charge in [0.1, 0.15) is 29.3 Å². The van der Waals surface area contributed by atoms with Crippen molar-refractivity contribution >= 4 is 40.8 Å². The topological polar surface area (TPSA) is 135 Å². The second-order valence-corrected chi connectivity index (χ2v) is 7.18. The Morgan fingerprint density at radius 1 is 1.34 bits per heavy atom. The van der Waals surface area contributed by atoms with Crippen LogP contribution >= 0.6 is 11.6 Å². The lowest BCUT2D eigenvalue weighted by Crippen LogP contribution is -2.42. The van der Waals surface area contributed by atoms with Crippen LogP contribution in [-0.2, 0) is 15.1 Å². The summed E-state index contributed by atoms with van der Waals surface area (Å²) in [4.78, 5) is 48.8. The third-order valence-corrected chi connectivity index (χ3v) is 4.82. The van der Waals surface area contributed by atoms with E-state index >= 15 is 0 Å². The summed E-state index contributed by atoms with van der Waals surface area (Å²) in [5, 5.41) is 16.2. The molecule has 2 aromatic rings. The Kier molecular flexibility index (Phi) is 5.05. The fourth-order valence-electron chi connectivity index (χ4n) is 3.25. The predicted molar refractivity (Wildman–Crippen MR) is 103 cm³/mol. The number of benzene rings is 1. The first-order chi connectivity index (χ1) is 13.5. The Balaban J connectivity index is 1.80. The van der Waals surface area contributed by atoms with E-state index in [1.54, 1.807) is 19.9 Å². The van der Waals surface area contributed by atoms with Gasteiger partial charge in [0, 0.05) is 16.7 Å². The quantitative estimate of drug-likeness (QED) is 0.433. The van der Waals surface area contributed by atoms with Crippen molar-refractivity contribution in [2.45, 2.75) is 26.3 Å². The van der Waals surface area contributed by atoms with E-state index in [-0.39, 0.29) is 10.7 Å². The Morgan fingerprint density at radius 2 is 2.03 bits per heavy atom. The maximum atomic E-state index is 12.9. The number of nitro groups is 1. The molecule has 1 aliphatic rings. The molecule has 2 N–H and O–H groups in total. The highest BCUT2D eigenvalue weighted by molar-refractivity contribution is 6.31. The van der Waals surface area contributed by atoms with Crippen LogP contribution < -0.4 is 10.6 Å². The van der Waals surface area contributed by atoms with E-state index in [1.807, 2.05) is 0 Å². The van der Waals surface area contributed by atoms with E-state index in [9.17, 15) is 24.5 Å². The number of nitrogens with zero attached hydrogens (tertiary/aromatic N) is 2. The summed E-state index contributed by atoms with van der Waals surface area (Å²) >= 11 is 5.75. The van der Waals surface area contributed by atoms with Gasteiger partial charge in [-0.1, -0.05) is 11.6 Å². The molecule has 1 saturated heterocycles. The number of hydrogen-bond acceptors (Lipinski definition) is 6. The summed E-state index contributed by atoms with van der Waals surface area (Å²) in [6.07, 6.45) is 0. The zero-order chi connectivity index (χ0) is 21.5. The van der Waals surface area contributed by atoms with Gasteiger partial charge in [0.2, 0.25) is 5.91 Å². The lowest BCUT2D eigenvalue weighted by atomic mass is 9.92. The monoisotopic (exact) mass is 420 g/mol. The van der Waals surface area contributed by atoms with Crippen LogP contribution in [0.5, 0.6) is 0 Å². The van der Waals surface area contributed by atoms with Gasteiger partial charge in [0.05, 0.1) is 4.92 Å². The molecule has 1 fully saturated rings. The maximum absolute atomic E-state index is 12.9. The normalized spacial score (nSPS) is 18.7. The minimum absolute atomic E-state index is 0.0967. The molecule has 1 aromatic carbocycles. The molecule has 1 atom stereocenters. The van der Waals surface area contributed by atoms with Crippen molar-refractivity contribution in [3.8, 4) is 0 Å². The molecule has 4 amide bonds. The fourth-order valence-corrected chi connectivity index (χ4v) is 3.41. The van der Waals surface area contributed by atoms with Crippen LogP contribution in [0.15, 0.2) is 28.7 Å². The average molecular weight is 421 g/mol. The first-order valence-corrected chi connectivity index (χ1v) is 8.86. The molecule has 1 aliphatic heterocycles. The number of carbonyl (C=O) groups is 3. The second-order valence-electron chi connectivity index (χ2n) is 6.74. The number of furan rings is 1. The molecule has 11 heteroatoms. The zero-order valence-corrected chi connectivity index (χ0v) is 16.5. The Hall–Kier alpha value is -3.40. The average Bonchev–Trinajstić information content (AvgIpc) is 3.08. The highest BCUT2D eigenvalue weighted by atomic mass is 35.5. The Morgan fingerprint density at radius 3 is 2.62 bits per heavy atom. The number of anilines is 1. The van der Waals surface area contributed by atoms with Gasteiger partial charge in [-0.15, -0.1) is 0 Å². The van der Waals surface area contributed by atoms with Crippen molar-refractivity contribution < 1.29 is 23.7 Å². The van der Waals surface area contributed by atoms with Gasteiger partial charge in [0.25, 0.3) is 11.6 Å². The third-order valence-electron chi connectivity index (χ3n) is 4.59. The number of carbonyl (C=O) groups excluding carboxylic acids is 3. The Labute approximate surface area is 169 Å². The van der Waals surface area contributed by atoms with Gasteiger partial charge >= 0.3 is 6.03 Å². The summed E-state index contributed by atoms with van der Waals surface area (Å²) in [6, 6.07) is 4.63. The molecule has 2 heterocycles. The second kappa shape index (κ2) is 7.21. The molecular weight excluding hydrogens is 404 g/mol. The molecule has 0 radical (unpaired) electrons. The molecular formula is C18H17ClN4O6. The van der Waals surface area contributed by atoms with E-state index in [0.29, 0.717) is 17.1 Å². The highest BCUT2D eigenvalue weighted by Gasteiger charge is 2.51. The summed E-state index contributed by atoms with van der Waals surface area (Å²) in [6.45, 7) is 4.29. The minimum Gasteiger partial charge on any atom is -0.466 e. The summed E-state index contributed by atoms with van der Waals surface area (Å²) in [7, 11) is 0. The highest BCUT2D eigenvalue weighted by Crippen LogP contribution is 2.33. The first-order valence-electron chi connectivity index (χ1n) is 8.48. The van der Waals surface area contributed by atoms with Crippen LogP contribution in [0.3, 0.4) is 0 Å². The molecule has 152 valence electrons. The number of aryl methyl sites for hydroxylation is 2. The number of nitro benzene ring substituents is 1. The predicted octanol–water partition coefficient (Wildman–Crippen LogP) is 2.86. The van der Waals surface area contributed by atoms with Crippen molar-refractivity contribution in [2.24, 2.45) is 0 Å². The molecule has 10 nitrogen and oxygen atoms in total. The number of rotatable bonds is 5. The van der Waals surface area contributed by atoms with Crippen LogP contribution in [0, 0.1) is 24.0 Å². The van der Waals surface area contributed by atoms with E-state index in [0.717, 1.165) is 11.0 Å². The van der Waals surface area contributed by atoms with Crippen LogP contribution in [0.25, 0.3) is 0 Å². The molecule has 1 aromatic heterocycles. The van der Waals surface area contributed by atoms with Gasteiger partial charge in [-0.05, 0) is 39.0 Å². The van der Waals surface area contributed by atoms with Crippen LogP contribution in [0.2, 0.25) is 5.02 Å². The standard InChI is InChI=1S/C18H17ClN4O6/c1-9-6-12(10(2)29-9)18(3)16(25)22(17(26)21-18)8-15(24)20-13-5-4-11(19)7-14(13)23(27)28/h4-7H,8H2,1-3H3,(H,20,24)(H,21,26). The molecule has 0 bridgehead atoms. The van der Waals surface area contributed by atoms with E-state index in [4.69, 9.17) is 16.0 Å². The fraction of sp³-hybridized carbons (Fsp3) is 0.278. The SMILES string of the molecule is Cc1cc(C2(C)NC(=O)N(CC(=O)Nc3ccc(Cl)cc3[N+](=O)[O-])C2=O)c(C)o1. The van der Waals surface area contributed by atoms with Crippen LogP contribution in [-0.4, -0.2) is 34.2 Å². The van der Waals surface area contributed by atoms with E-state index in [2.05, 4.69) is 10.6 Å². The smallest absolute Gasteiger partial charge is 0.325 e. The number of imide groups is 1. The zero-order valence-electron chi connectivity index (χ0n) is 15.7. The van der Waals surface area contributed by atoms with E-state index < -0.39 is 40.5 Å². The summed E-state index contributed by atoms with van der Waals surface area (Å²) in [5.41, 5.74) is -1.40. The van der Waals surface area contributed by atoms with Crippen LogP contribution in [0.1, 0.15) is 24.0 Å². The van der Waals surface area contributed by atoms with Crippen molar-refractivity contribution in [3.63, 3.8) is 0 Å². The number of halogens is 1. The minimum atomic E-state index is -1.38. The molecule has 29 heavy (non-hydrogen) atoms. The summed E-state index contributed by atoms with van der Waals surface area (Å²) < 4.78 is 5.44. The van der Waals surface area contributed by atoms with Gasteiger partial charge in [0.15, 0.2) is 0 Å². The Bertz CT molecular complexity index is 1050. The molecule has 0 saturated carbocycles. The largest absolute Gasteiger partial charge is 0.466 e. The lowest BCUT2D eigenvalue weighted by Gasteiger charge is -2.21.